The van der Waals surface area contributed by atoms with Crippen LogP contribution in [-0.2, 0) is 0 Å². The highest BCUT2D eigenvalue weighted by Gasteiger charge is 2.21. The predicted octanol–water partition coefficient (Wildman–Crippen LogP) is 4.01. The lowest BCUT2D eigenvalue weighted by Gasteiger charge is -2.24. The van der Waals surface area contributed by atoms with Crippen molar-refractivity contribution < 1.29 is 0 Å². The molecular formula is C15H32N2. The molecule has 2 nitrogen and oxygen atoms in total. The third kappa shape index (κ3) is 5.87. The molecule has 2 unspecified atom stereocenters. The first-order chi connectivity index (χ1) is 8.30. The molecule has 0 radical (unpaired) electrons. The van der Waals surface area contributed by atoms with Crippen LogP contribution in [0.2, 0.25) is 0 Å². The van der Waals surface area contributed by atoms with Crippen LogP contribution < -0.4 is 11.3 Å². The van der Waals surface area contributed by atoms with Crippen LogP contribution in [0.15, 0.2) is 0 Å². The van der Waals surface area contributed by atoms with Crippen molar-refractivity contribution in [3.8, 4) is 0 Å². The molecule has 1 fully saturated rings. The molecule has 0 aromatic carbocycles. The predicted molar refractivity (Wildman–Crippen MR) is 75.6 cm³/mol. The average molecular weight is 240 g/mol. The Balaban J connectivity index is 2.27. The zero-order chi connectivity index (χ0) is 12.5. The first-order valence-electron chi connectivity index (χ1n) is 7.76. The third-order valence-corrected chi connectivity index (χ3v) is 4.49. The van der Waals surface area contributed by atoms with E-state index >= 15 is 0 Å². The highest BCUT2D eigenvalue weighted by atomic mass is 15.2. The lowest BCUT2D eigenvalue weighted by atomic mass is 9.88. The zero-order valence-corrected chi connectivity index (χ0v) is 11.9. The van der Waals surface area contributed by atoms with Crippen molar-refractivity contribution in [1.29, 1.82) is 0 Å². The number of nitrogens with one attached hydrogen (secondary N) is 1. The standard InChI is InChI=1S/C15H32N2/c1-3-5-8-13(4-2)11-15(17-16)12-14-9-6-7-10-14/h13-15,17H,3-12,16H2,1-2H3. The van der Waals surface area contributed by atoms with Crippen molar-refractivity contribution in [3.63, 3.8) is 0 Å². The number of unbranched alkanes of at least 4 members (excludes halogenated alkanes) is 1. The van der Waals surface area contributed by atoms with Crippen LogP contribution in [-0.4, -0.2) is 6.04 Å². The van der Waals surface area contributed by atoms with Gasteiger partial charge in [0.15, 0.2) is 0 Å². The van der Waals surface area contributed by atoms with Gasteiger partial charge in [-0.15, -0.1) is 0 Å². The van der Waals surface area contributed by atoms with E-state index in [0.29, 0.717) is 6.04 Å². The number of hydrogen-bond donors (Lipinski definition) is 2. The van der Waals surface area contributed by atoms with Gasteiger partial charge in [0.1, 0.15) is 0 Å². The number of hydrogen-bond acceptors (Lipinski definition) is 2. The van der Waals surface area contributed by atoms with Crippen molar-refractivity contribution in [2.45, 2.75) is 84.1 Å². The van der Waals surface area contributed by atoms with Crippen molar-refractivity contribution in [2.24, 2.45) is 17.7 Å². The van der Waals surface area contributed by atoms with Crippen molar-refractivity contribution in [1.82, 2.24) is 5.43 Å². The highest BCUT2D eigenvalue weighted by molar-refractivity contribution is 4.76. The fourth-order valence-electron chi connectivity index (χ4n) is 3.26. The van der Waals surface area contributed by atoms with Gasteiger partial charge in [0.25, 0.3) is 0 Å². The molecule has 0 amide bonds. The summed E-state index contributed by atoms with van der Waals surface area (Å²) in [6.07, 6.45) is 13.7. The summed E-state index contributed by atoms with van der Waals surface area (Å²) < 4.78 is 0. The van der Waals surface area contributed by atoms with Crippen molar-refractivity contribution >= 4 is 0 Å². The molecule has 0 spiro atoms. The van der Waals surface area contributed by atoms with Crippen LogP contribution in [0.3, 0.4) is 0 Å². The van der Waals surface area contributed by atoms with E-state index < -0.39 is 0 Å². The molecule has 0 aromatic heterocycles. The average Bonchev–Trinajstić information content (AvgIpc) is 2.85. The van der Waals surface area contributed by atoms with Crippen molar-refractivity contribution in [2.75, 3.05) is 0 Å². The summed E-state index contributed by atoms with van der Waals surface area (Å²) in [5, 5.41) is 0. The summed E-state index contributed by atoms with van der Waals surface area (Å²) in [4.78, 5) is 0. The van der Waals surface area contributed by atoms with Gasteiger partial charge in [0.05, 0.1) is 0 Å². The Kier molecular flexibility index (Phi) is 7.87. The summed E-state index contributed by atoms with van der Waals surface area (Å²) in [5.74, 6) is 7.55. The summed E-state index contributed by atoms with van der Waals surface area (Å²) >= 11 is 0. The minimum atomic E-state index is 0.555. The molecule has 17 heavy (non-hydrogen) atoms. The molecule has 2 heteroatoms. The highest BCUT2D eigenvalue weighted by Crippen LogP contribution is 2.30. The maximum absolute atomic E-state index is 5.73. The minimum absolute atomic E-state index is 0.555. The van der Waals surface area contributed by atoms with Gasteiger partial charge in [-0.3, -0.25) is 11.3 Å². The van der Waals surface area contributed by atoms with Gasteiger partial charge >= 0.3 is 0 Å². The normalized spacial score (nSPS) is 20.6. The van der Waals surface area contributed by atoms with E-state index in [1.165, 1.54) is 64.2 Å². The van der Waals surface area contributed by atoms with E-state index in [1.54, 1.807) is 0 Å². The molecule has 0 aliphatic heterocycles. The second-order valence-electron chi connectivity index (χ2n) is 5.90. The minimum Gasteiger partial charge on any atom is -0.271 e. The third-order valence-electron chi connectivity index (χ3n) is 4.49. The Morgan fingerprint density at radius 3 is 2.47 bits per heavy atom. The molecule has 0 aromatic rings. The second kappa shape index (κ2) is 8.93. The molecule has 0 heterocycles. The molecule has 1 rings (SSSR count). The van der Waals surface area contributed by atoms with Crippen molar-refractivity contribution in [3.05, 3.63) is 0 Å². The van der Waals surface area contributed by atoms with Crippen LogP contribution >= 0.6 is 0 Å². The summed E-state index contributed by atoms with van der Waals surface area (Å²) in [7, 11) is 0. The molecule has 102 valence electrons. The van der Waals surface area contributed by atoms with Gasteiger partial charge in [0.2, 0.25) is 0 Å². The summed E-state index contributed by atoms with van der Waals surface area (Å²) in [6, 6.07) is 0.555. The Hall–Kier alpha value is -0.0800. The van der Waals surface area contributed by atoms with E-state index in [-0.39, 0.29) is 0 Å². The van der Waals surface area contributed by atoms with E-state index in [4.69, 9.17) is 5.84 Å². The Labute approximate surface area is 108 Å². The summed E-state index contributed by atoms with van der Waals surface area (Å²) in [5.41, 5.74) is 3.07. The first-order valence-corrected chi connectivity index (χ1v) is 7.76. The van der Waals surface area contributed by atoms with Crippen LogP contribution in [0, 0.1) is 11.8 Å². The molecule has 0 saturated heterocycles. The largest absolute Gasteiger partial charge is 0.271 e. The molecule has 2 atom stereocenters. The van der Waals surface area contributed by atoms with Gasteiger partial charge in [-0.25, -0.2) is 0 Å². The smallest absolute Gasteiger partial charge is 0.0215 e. The molecule has 1 saturated carbocycles. The second-order valence-corrected chi connectivity index (χ2v) is 5.90. The summed E-state index contributed by atoms with van der Waals surface area (Å²) in [6.45, 7) is 4.60. The number of nitrogens with two attached hydrogens (primary N) is 1. The maximum Gasteiger partial charge on any atom is 0.0215 e. The molecule has 0 bridgehead atoms. The van der Waals surface area contributed by atoms with Crippen LogP contribution in [0.25, 0.3) is 0 Å². The Morgan fingerprint density at radius 2 is 1.94 bits per heavy atom. The van der Waals surface area contributed by atoms with Gasteiger partial charge in [-0.05, 0) is 24.7 Å². The fourth-order valence-corrected chi connectivity index (χ4v) is 3.26. The molecule has 1 aliphatic rings. The fraction of sp³-hybridized carbons (Fsp3) is 1.00. The topological polar surface area (TPSA) is 38.0 Å². The SMILES string of the molecule is CCCCC(CC)CC(CC1CCCC1)NN. The molecular weight excluding hydrogens is 208 g/mol. The lowest BCUT2D eigenvalue weighted by Crippen LogP contribution is -2.37. The maximum atomic E-state index is 5.73. The van der Waals surface area contributed by atoms with Gasteiger partial charge in [-0.2, -0.15) is 0 Å². The Morgan fingerprint density at radius 1 is 1.24 bits per heavy atom. The van der Waals surface area contributed by atoms with Gasteiger partial charge < -0.3 is 0 Å². The first kappa shape index (κ1) is 15.0. The Bertz CT molecular complexity index is 176. The van der Waals surface area contributed by atoms with E-state index in [0.717, 1.165) is 11.8 Å². The van der Waals surface area contributed by atoms with E-state index in [1.807, 2.05) is 0 Å². The molecule has 3 N–H and O–H groups in total. The van der Waals surface area contributed by atoms with Crippen LogP contribution in [0.4, 0.5) is 0 Å². The van der Waals surface area contributed by atoms with E-state index in [2.05, 4.69) is 19.3 Å². The van der Waals surface area contributed by atoms with Crippen LogP contribution in [0.1, 0.15) is 78.1 Å². The van der Waals surface area contributed by atoms with E-state index in [9.17, 15) is 0 Å². The lowest BCUT2D eigenvalue weighted by molar-refractivity contribution is 0.306. The molecule has 1 aliphatic carbocycles. The monoisotopic (exact) mass is 240 g/mol. The van der Waals surface area contributed by atoms with Gasteiger partial charge in [0, 0.05) is 6.04 Å². The van der Waals surface area contributed by atoms with Gasteiger partial charge in [-0.1, -0.05) is 65.2 Å². The quantitative estimate of drug-likeness (QED) is 0.472. The number of rotatable bonds is 9. The number of hydrazine groups is 1. The zero-order valence-electron chi connectivity index (χ0n) is 11.9. The van der Waals surface area contributed by atoms with Crippen LogP contribution in [0.5, 0.6) is 0 Å².